The summed E-state index contributed by atoms with van der Waals surface area (Å²) in [5.41, 5.74) is 0.792. The van der Waals surface area contributed by atoms with E-state index in [-0.39, 0.29) is 0 Å². The van der Waals surface area contributed by atoms with Gasteiger partial charge in [0.2, 0.25) is 0 Å². The summed E-state index contributed by atoms with van der Waals surface area (Å²) in [4.78, 5) is 0. The Balaban J connectivity index is 1.45. The molecular formula is C27H48O. The quantitative estimate of drug-likeness (QED) is 0.513. The van der Waals surface area contributed by atoms with Crippen molar-refractivity contribution in [3.05, 3.63) is 0 Å². The zero-order chi connectivity index (χ0) is 20.2. The zero-order valence-corrected chi connectivity index (χ0v) is 19.6. The maximum atomic E-state index is 10.1. The van der Waals surface area contributed by atoms with Crippen LogP contribution in [-0.2, 0) is 0 Å². The van der Waals surface area contributed by atoms with Gasteiger partial charge in [0.15, 0.2) is 0 Å². The van der Waals surface area contributed by atoms with Crippen LogP contribution in [0, 0.1) is 46.3 Å². The fraction of sp³-hybridized carbons (Fsp3) is 1.00. The normalized spacial score (nSPS) is 47.1. The minimum atomic E-state index is -0.492. The SMILES string of the molecule is C[C@H](CCCC(C)(C)O)[C@H]1CC[C@H]2[C@@H]3CC[C@H]4CCCC[C@]4(C)[C@H]3CC[C@]12C. The van der Waals surface area contributed by atoms with Crippen molar-refractivity contribution in [2.45, 2.75) is 124 Å². The zero-order valence-electron chi connectivity index (χ0n) is 19.6. The molecule has 4 rings (SSSR count). The van der Waals surface area contributed by atoms with Gasteiger partial charge in [-0.1, -0.05) is 46.5 Å². The molecule has 0 aromatic rings. The van der Waals surface area contributed by atoms with Crippen LogP contribution in [-0.4, -0.2) is 10.7 Å². The van der Waals surface area contributed by atoms with Crippen LogP contribution in [0.25, 0.3) is 0 Å². The van der Waals surface area contributed by atoms with E-state index in [2.05, 4.69) is 20.8 Å². The Hall–Kier alpha value is -0.0400. The summed E-state index contributed by atoms with van der Waals surface area (Å²) in [5, 5.41) is 10.1. The Morgan fingerprint density at radius 1 is 0.893 bits per heavy atom. The van der Waals surface area contributed by atoms with Gasteiger partial charge in [-0.3, -0.25) is 0 Å². The van der Waals surface area contributed by atoms with Gasteiger partial charge < -0.3 is 5.11 Å². The molecule has 1 heteroatoms. The van der Waals surface area contributed by atoms with Crippen molar-refractivity contribution in [2.75, 3.05) is 0 Å². The van der Waals surface area contributed by atoms with E-state index in [1.807, 2.05) is 13.8 Å². The molecule has 4 aliphatic rings. The Labute approximate surface area is 175 Å². The van der Waals surface area contributed by atoms with Crippen LogP contribution >= 0.6 is 0 Å². The van der Waals surface area contributed by atoms with E-state index in [0.29, 0.717) is 10.8 Å². The average molecular weight is 389 g/mol. The van der Waals surface area contributed by atoms with Crippen molar-refractivity contribution < 1.29 is 5.11 Å². The highest BCUT2D eigenvalue weighted by atomic mass is 16.3. The number of fused-ring (bicyclic) bond motifs is 5. The maximum Gasteiger partial charge on any atom is 0.0591 e. The lowest BCUT2D eigenvalue weighted by molar-refractivity contribution is -0.114. The molecule has 8 atom stereocenters. The Morgan fingerprint density at radius 2 is 1.64 bits per heavy atom. The highest BCUT2D eigenvalue weighted by Gasteiger charge is 2.60. The third-order valence-corrected chi connectivity index (χ3v) is 10.8. The molecule has 0 amide bonds. The summed E-state index contributed by atoms with van der Waals surface area (Å²) >= 11 is 0. The van der Waals surface area contributed by atoms with Crippen molar-refractivity contribution in [3.63, 3.8) is 0 Å². The predicted molar refractivity (Wildman–Crippen MR) is 119 cm³/mol. The van der Waals surface area contributed by atoms with Crippen LogP contribution in [0.3, 0.4) is 0 Å². The van der Waals surface area contributed by atoms with E-state index in [4.69, 9.17) is 0 Å². The molecule has 0 heterocycles. The summed E-state index contributed by atoms with van der Waals surface area (Å²) in [6.07, 6.45) is 18.6. The van der Waals surface area contributed by atoms with Gasteiger partial charge in [-0.25, -0.2) is 0 Å². The first-order valence-electron chi connectivity index (χ1n) is 12.9. The molecule has 28 heavy (non-hydrogen) atoms. The van der Waals surface area contributed by atoms with E-state index >= 15 is 0 Å². The molecule has 1 nitrogen and oxygen atoms in total. The van der Waals surface area contributed by atoms with Crippen molar-refractivity contribution in [2.24, 2.45) is 46.3 Å². The van der Waals surface area contributed by atoms with Gasteiger partial charge in [0.05, 0.1) is 5.60 Å². The van der Waals surface area contributed by atoms with Gasteiger partial charge in [0, 0.05) is 0 Å². The van der Waals surface area contributed by atoms with E-state index in [1.54, 1.807) is 6.42 Å². The fourth-order valence-electron chi connectivity index (χ4n) is 9.33. The molecular weight excluding hydrogens is 340 g/mol. The molecule has 0 aliphatic heterocycles. The lowest BCUT2D eigenvalue weighted by Crippen LogP contribution is -2.53. The number of aliphatic hydroxyl groups is 1. The molecule has 0 unspecified atom stereocenters. The van der Waals surface area contributed by atoms with Gasteiger partial charge in [0.25, 0.3) is 0 Å². The van der Waals surface area contributed by atoms with E-state index in [1.165, 1.54) is 70.6 Å². The highest BCUT2D eigenvalue weighted by Crippen LogP contribution is 2.68. The Bertz CT molecular complexity index is 547. The molecule has 0 aromatic heterocycles. The number of hydrogen-bond donors (Lipinski definition) is 1. The number of hydrogen-bond acceptors (Lipinski definition) is 1. The van der Waals surface area contributed by atoms with Gasteiger partial charge in [0.1, 0.15) is 0 Å². The van der Waals surface area contributed by atoms with Gasteiger partial charge >= 0.3 is 0 Å². The van der Waals surface area contributed by atoms with Crippen LogP contribution in [0.4, 0.5) is 0 Å². The summed E-state index contributed by atoms with van der Waals surface area (Å²) in [5.74, 6) is 5.88. The smallest absolute Gasteiger partial charge is 0.0591 e. The lowest BCUT2D eigenvalue weighted by atomic mass is 9.44. The van der Waals surface area contributed by atoms with Gasteiger partial charge in [-0.05, 0) is 118 Å². The first kappa shape index (κ1) is 21.2. The van der Waals surface area contributed by atoms with E-state index in [0.717, 1.165) is 41.9 Å². The molecule has 1 N–H and O–H groups in total. The van der Waals surface area contributed by atoms with Crippen LogP contribution in [0.5, 0.6) is 0 Å². The predicted octanol–water partition coefficient (Wildman–Crippen LogP) is 7.61. The Morgan fingerprint density at radius 3 is 2.39 bits per heavy atom. The summed E-state index contributed by atoms with van der Waals surface area (Å²) < 4.78 is 0. The van der Waals surface area contributed by atoms with Crippen molar-refractivity contribution in [1.29, 1.82) is 0 Å². The average Bonchev–Trinajstić information content (AvgIpc) is 2.97. The summed E-state index contributed by atoms with van der Waals surface area (Å²) in [6, 6.07) is 0. The minimum Gasteiger partial charge on any atom is -0.390 e. The van der Waals surface area contributed by atoms with E-state index in [9.17, 15) is 5.11 Å². The number of rotatable bonds is 5. The molecule has 0 aromatic carbocycles. The van der Waals surface area contributed by atoms with Crippen molar-refractivity contribution >= 4 is 0 Å². The lowest BCUT2D eigenvalue weighted by Gasteiger charge is -2.61. The van der Waals surface area contributed by atoms with Crippen LogP contribution in [0.2, 0.25) is 0 Å². The third kappa shape index (κ3) is 3.61. The molecule has 0 spiro atoms. The topological polar surface area (TPSA) is 20.2 Å². The second-order valence-electron chi connectivity index (χ2n) is 12.8. The summed E-state index contributed by atoms with van der Waals surface area (Å²) in [6.45, 7) is 11.9. The Kier molecular flexibility index (Phi) is 5.74. The minimum absolute atomic E-state index is 0.492. The second kappa shape index (κ2) is 7.58. The largest absolute Gasteiger partial charge is 0.390 e. The monoisotopic (exact) mass is 388 g/mol. The first-order valence-corrected chi connectivity index (χ1v) is 12.9. The fourth-order valence-corrected chi connectivity index (χ4v) is 9.33. The standard InChI is InChI=1S/C27H48O/c1-19(9-8-16-25(2,3)28)22-13-14-23-21-12-11-20-10-6-7-17-26(20,4)24(21)15-18-27(22,23)5/h19-24,28H,6-18H2,1-5H3/t19-,20-,21+,22-,23+,24+,26+,27-/m1/s1. The van der Waals surface area contributed by atoms with Crippen LogP contribution in [0.1, 0.15) is 118 Å². The molecule has 4 fully saturated rings. The molecule has 4 aliphatic carbocycles. The maximum absolute atomic E-state index is 10.1. The van der Waals surface area contributed by atoms with Gasteiger partial charge in [-0.2, -0.15) is 0 Å². The van der Waals surface area contributed by atoms with Gasteiger partial charge in [-0.15, -0.1) is 0 Å². The van der Waals surface area contributed by atoms with Crippen LogP contribution < -0.4 is 0 Å². The second-order valence-corrected chi connectivity index (χ2v) is 12.8. The third-order valence-electron chi connectivity index (χ3n) is 10.8. The molecule has 162 valence electrons. The van der Waals surface area contributed by atoms with E-state index < -0.39 is 5.60 Å². The molecule has 0 radical (unpaired) electrons. The van der Waals surface area contributed by atoms with Crippen LogP contribution in [0.15, 0.2) is 0 Å². The highest BCUT2D eigenvalue weighted by molar-refractivity contribution is 5.09. The molecule has 0 saturated heterocycles. The first-order chi connectivity index (χ1) is 13.2. The summed E-state index contributed by atoms with van der Waals surface area (Å²) in [7, 11) is 0. The molecule has 4 saturated carbocycles. The van der Waals surface area contributed by atoms with Crippen molar-refractivity contribution in [1.82, 2.24) is 0 Å². The van der Waals surface area contributed by atoms with Crippen molar-refractivity contribution in [3.8, 4) is 0 Å². The molecule has 0 bridgehead atoms.